The molecule has 1 aliphatic rings. The zero-order valence-electron chi connectivity index (χ0n) is 15.0. The largest absolute Gasteiger partial charge is 0.491 e. The number of benzene rings is 1. The summed E-state index contributed by atoms with van der Waals surface area (Å²) >= 11 is 0. The lowest BCUT2D eigenvalue weighted by atomic mass is 10.0. The lowest BCUT2D eigenvalue weighted by Gasteiger charge is -2.29. The van der Waals surface area contributed by atoms with E-state index in [1.165, 1.54) is 0 Å². The molecule has 1 aromatic heterocycles. The molecule has 0 bridgehead atoms. The third kappa shape index (κ3) is 4.89. The molecule has 7 heteroatoms. The molecule has 3 rings (SSSR count). The highest BCUT2D eigenvalue weighted by Crippen LogP contribution is 2.25. The molecule has 1 atom stereocenters. The molecule has 26 heavy (non-hydrogen) atoms. The predicted molar refractivity (Wildman–Crippen MR) is 98.1 cm³/mol. The summed E-state index contributed by atoms with van der Waals surface area (Å²) in [4.78, 5) is 12.6. The van der Waals surface area contributed by atoms with Crippen LogP contribution in [0.3, 0.4) is 0 Å². The van der Waals surface area contributed by atoms with Gasteiger partial charge in [0.2, 0.25) is 5.95 Å². The van der Waals surface area contributed by atoms with E-state index in [0.717, 1.165) is 12.1 Å². The molecule has 1 aromatic carbocycles. The van der Waals surface area contributed by atoms with Crippen molar-refractivity contribution in [2.75, 3.05) is 44.9 Å². The van der Waals surface area contributed by atoms with Crippen LogP contribution in [0.2, 0.25) is 0 Å². The molecule has 1 saturated heterocycles. The molecule has 0 radical (unpaired) electrons. The molecule has 1 fully saturated rings. The number of aliphatic hydroxyl groups is 1. The lowest BCUT2D eigenvalue weighted by molar-refractivity contribution is 0.0279. The molecular weight excluding hydrogens is 335 g/mol. The fourth-order valence-electron chi connectivity index (χ4n) is 3.33. The Balaban J connectivity index is 1.52. The van der Waals surface area contributed by atoms with Gasteiger partial charge in [-0.2, -0.15) is 0 Å². The second kappa shape index (κ2) is 8.42. The van der Waals surface area contributed by atoms with Gasteiger partial charge >= 0.3 is 0 Å². The average molecular weight is 360 g/mol. The van der Waals surface area contributed by atoms with Crippen LogP contribution in [-0.2, 0) is 6.54 Å². The van der Waals surface area contributed by atoms with Crippen molar-refractivity contribution in [2.45, 2.75) is 18.6 Å². The monoisotopic (exact) mass is 360 g/mol. The van der Waals surface area contributed by atoms with Gasteiger partial charge in [-0.25, -0.2) is 14.4 Å². The molecule has 1 N–H and O–H groups in total. The van der Waals surface area contributed by atoms with E-state index in [1.54, 1.807) is 18.5 Å². The van der Waals surface area contributed by atoms with Crippen LogP contribution in [-0.4, -0.2) is 65.5 Å². The van der Waals surface area contributed by atoms with Gasteiger partial charge in [-0.05, 0) is 37.2 Å². The van der Waals surface area contributed by atoms with E-state index >= 15 is 0 Å². The summed E-state index contributed by atoms with van der Waals surface area (Å²) in [5, 5.41) is 10.9. The predicted octanol–water partition coefficient (Wildman–Crippen LogP) is 1.90. The molecule has 0 amide bonds. The quantitative estimate of drug-likeness (QED) is 0.776. The molecule has 2 aromatic rings. The van der Waals surface area contributed by atoms with E-state index in [9.17, 15) is 9.50 Å². The molecular formula is C19H25FN4O2. The molecule has 140 valence electrons. The maximum atomic E-state index is 12.1. The zero-order chi connectivity index (χ0) is 18.4. The Bertz CT molecular complexity index is 686. The van der Waals surface area contributed by atoms with Crippen LogP contribution in [0.15, 0.2) is 42.7 Å². The number of halogens is 1. The van der Waals surface area contributed by atoms with Gasteiger partial charge in [0.1, 0.15) is 19.0 Å². The number of rotatable bonds is 8. The topological polar surface area (TPSA) is 61.7 Å². The minimum atomic E-state index is -0.780. The van der Waals surface area contributed by atoms with Crippen LogP contribution >= 0.6 is 0 Å². The van der Waals surface area contributed by atoms with Crippen molar-refractivity contribution in [1.82, 2.24) is 14.9 Å². The summed E-state index contributed by atoms with van der Waals surface area (Å²) in [5.41, 5.74) is 0.336. The minimum absolute atomic E-state index is 0.0773. The van der Waals surface area contributed by atoms with Crippen LogP contribution in [0.4, 0.5) is 10.3 Å². The first-order valence-corrected chi connectivity index (χ1v) is 8.79. The molecule has 1 aliphatic heterocycles. The van der Waals surface area contributed by atoms with Crippen molar-refractivity contribution < 1.29 is 14.2 Å². The van der Waals surface area contributed by atoms with Gasteiger partial charge in [0.25, 0.3) is 0 Å². The Hall–Kier alpha value is -2.25. The fourth-order valence-corrected chi connectivity index (χ4v) is 3.33. The van der Waals surface area contributed by atoms with E-state index in [-0.39, 0.29) is 6.61 Å². The van der Waals surface area contributed by atoms with Crippen LogP contribution in [0.1, 0.15) is 12.0 Å². The fraction of sp³-hybridized carbons (Fsp3) is 0.474. The number of hydrogen-bond acceptors (Lipinski definition) is 6. The number of aromatic nitrogens is 2. The third-order valence-electron chi connectivity index (χ3n) is 4.45. The minimum Gasteiger partial charge on any atom is -0.491 e. The number of alkyl halides is 1. The van der Waals surface area contributed by atoms with Gasteiger partial charge in [-0.1, -0.05) is 12.1 Å². The lowest BCUT2D eigenvalue weighted by Crippen LogP contribution is -2.43. The Kier molecular flexibility index (Phi) is 6.00. The average Bonchev–Trinajstić information content (AvgIpc) is 3.03. The SMILES string of the molecule is CN(Cc1ccc(OCCF)cc1)C[C@]1(O)CCN(c2ncccn2)C1. The molecule has 0 aliphatic carbocycles. The summed E-state index contributed by atoms with van der Waals surface area (Å²) < 4.78 is 17.4. The van der Waals surface area contributed by atoms with E-state index in [0.29, 0.717) is 37.8 Å². The zero-order valence-corrected chi connectivity index (χ0v) is 15.0. The Morgan fingerprint density at radius 3 is 2.69 bits per heavy atom. The summed E-state index contributed by atoms with van der Waals surface area (Å²) in [6.45, 7) is 2.14. The van der Waals surface area contributed by atoms with E-state index in [1.807, 2.05) is 36.2 Å². The number of likely N-dealkylation sites (N-methyl/N-ethyl adjacent to an activating group) is 1. The Labute approximate surface area is 153 Å². The van der Waals surface area contributed by atoms with Crippen LogP contribution in [0.5, 0.6) is 5.75 Å². The van der Waals surface area contributed by atoms with Crippen molar-refractivity contribution >= 4 is 5.95 Å². The maximum absolute atomic E-state index is 12.1. The number of anilines is 1. The molecule has 2 heterocycles. The summed E-state index contributed by atoms with van der Waals surface area (Å²) in [6, 6.07) is 9.41. The van der Waals surface area contributed by atoms with Crippen molar-refractivity contribution in [3.05, 3.63) is 48.3 Å². The standard InChI is InChI=1S/C19H25FN4O2/c1-23(13-16-3-5-17(6-4-16)26-12-8-20)14-19(25)7-11-24(15-19)18-21-9-2-10-22-18/h2-6,9-10,25H,7-8,11-15H2,1H3/t19-/m1/s1. The number of ether oxygens (including phenoxy) is 1. The molecule has 0 spiro atoms. The molecule has 6 nitrogen and oxygen atoms in total. The van der Waals surface area contributed by atoms with Crippen molar-refractivity contribution in [3.63, 3.8) is 0 Å². The van der Waals surface area contributed by atoms with Crippen LogP contribution < -0.4 is 9.64 Å². The maximum Gasteiger partial charge on any atom is 0.225 e. The van der Waals surface area contributed by atoms with E-state index < -0.39 is 12.3 Å². The van der Waals surface area contributed by atoms with Crippen LogP contribution in [0.25, 0.3) is 0 Å². The van der Waals surface area contributed by atoms with Gasteiger partial charge in [0, 0.05) is 32.0 Å². The highest BCUT2D eigenvalue weighted by molar-refractivity contribution is 5.32. The second-order valence-electron chi connectivity index (χ2n) is 6.80. The van der Waals surface area contributed by atoms with Crippen LogP contribution in [0, 0.1) is 0 Å². The smallest absolute Gasteiger partial charge is 0.225 e. The normalized spacial score (nSPS) is 19.9. The summed E-state index contributed by atoms with van der Waals surface area (Å²) in [6.07, 6.45) is 4.12. The van der Waals surface area contributed by atoms with Gasteiger partial charge in [0.05, 0.1) is 12.1 Å². The first-order valence-electron chi connectivity index (χ1n) is 8.79. The van der Waals surface area contributed by atoms with Gasteiger partial charge in [0.15, 0.2) is 0 Å². The Morgan fingerprint density at radius 2 is 2.00 bits per heavy atom. The highest BCUT2D eigenvalue weighted by Gasteiger charge is 2.37. The van der Waals surface area contributed by atoms with Gasteiger partial charge in [-0.3, -0.25) is 4.90 Å². The van der Waals surface area contributed by atoms with Crippen molar-refractivity contribution in [3.8, 4) is 5.75 Å². The third-order valence-corrected chi connectivity index (χ3v) is 4.45. The number of β-amino-alcohol motifs (C(OH)–C–C–N with tert-alkyl or cyclic N) is 1. The molecule has 0 saturated carbocycles. The highest BCUT2D eigenvalue weighted by atomic mass is 19.1. The summed E-state index contributed by atoms with van der Waals surface area (Å²) in [7, 11) is 1.99. The first kappa shape index (κ1) is 18.5. The van der Waals surface area contributed by atoms with Gasteiger partial charge < -0.3 is 14.7 Å². The Morgan fingerprint density at radius 1 is 1.27 bits per heavy atom. The molecule has 0 unspecified atom stereocenters. The van der Waals surface area contributed by atoms with Gasteiger partial charge in [-0.15, -0.1) is 0 Å². The van der Waals surface area contributed by atoms with E-state index in [4.69, 9.17) is 4.74 Å². The van der Waals surface area contributed by atoms with Crippen molar-refractivity contribution in [2.24, 2.45) is 0 Å². The first-order chi connectivity index (χ1) is 12.6. The van der Waals surface area contributed by atoms with Crippen molar-refractivity contribution in [1.29, 1.82) is 0 Å². The second-order valence-corrected chi connectivity index (χ2v) is 6.80. The number of nitrogens with zero attached hydrogens (tertiary/aromatic N) is 4. The summed E-state index contributed by atoms with van der Waals surface area (Å²) in [5.74, 6) is 1.33. The van der Waals surface area contributed by atoms with E-state index in [2.05, 4.69) is 14.9 Å². The number of hydrogen-bond donors (Lipinski definition) is 1.